The fourth-order valence-corrected chi connectivity index (χ4v) is 6.02. The number of rotatable bonds is 5. The summed E-state index contributed by atoms with van der Waals surface area (Å²) >= 11 is 0. The minimum atomic E-state index is -1.09. The minimum Gasteiger partial charge on any atom is -0.391 e. The first-order valence-corrected chi connectivity index (χ1v) is 12.0. The van der Waals surface area contributed by atoms with E-state index in [-0.39, 0.29) is 24.2 Å². The monoisotopic (exact) mass is 462 g/mol. The van der Waals surface area contributed by atoms with Crippen LogP contribution >= 0.6 is 0 Å². The number of likely N-dealkylation sites (tertiary alicyclic amines) is 1. The lowest BCUT2D eigenvalue weighted by molar-refractivity contribution is -0.144. The number of imide groups is 1. The van der Waals surface area contributed by atoms with Crippen LogP contribution in [0.3, 0.4) is 0 Å². The lowest BCUT2D eigenvalue weighted by Gasteiger charge is -2.45. The third-order valence-electron chi connectivity index (χ3n) is 7.74. The van der Waals surface area contributed by atoms with Crippen molar-refractivity contribution >= 4 is 17.5 Å². The van der Waals surface area contributed by atoms with Crippen LogP contribution < -0.4 is 0 Å². The Labute approximate surface area is 199 Å². The fraction of sp³-hybridized carbons (Fsp3) is 0.444. The molecule has 178 valence electrons. The van der Waals surface area contributed by atoms with Gasteiger partial charge in [-0.3, -0.25) is 14.5 Å². The summed E-state index contributed by atoms with van der Waals surface area (Å²) in [5.41, 5.74) is 2.53. The summed E-state index contributed by atoms with van der Waals surface area (Å²) in [5.74, 6) is -2.37. The summed E-state index contributed by atoms with van der Waals surface area (Å²) in [7, 11) is 0. The first-order chi connectivity index (χ1) is 16.5. The number of nitrogens with zero attached hydrogens (tertiary/aromatic N) is 2. The van der Waals surface area contributed by atoms with Gasteiger partial charge in [0.15, 0.2) is 0 Å². The summed E-state index contributed by atoms with van der Waals surface area (Å²) in [6.07, 6.45) is -0.775. The minimum absolute atomic E-state index is 0.184. The Balaban J connectivity index is 1.39. The molecule has 7 heteroatoms. The van der Waals surface area contributed by atoms with Gasteiger partial charge in [0, 0.05) is 18.3 Å². The van der Waals surface area contributed by atoms with Gasteiger partial charge in [-0.2, -0.15) is 0 Å². The first kappa shape index (κ1) is 22.7. The van der Waals surface area contributed by atoms with E-state index in [1.165, 1.54) is 4.90 Å². The number of hydrogen-bond acceptors (Lipinski definition) is 6. The number of fused-ring (bicyclic) bond motifs is 3. The number of amides is 2. The molecule has 0 aromatic heterocycles. The Morgan fingerprint density at radius 1 is 0.971 bits per heavy atom. The summed E-state index contributed by atoms with van der Waals surface area (Å²) in [6.45, 7) is 2.16. The van der Waals surface area contributed by atoms with Gasteiger partial charge in [0.2, 0.25) is 11.8 Å². The van der Waals surface area contributed by atoms with Gasteiger partial charge in [-0.25, -0.2) is 0 Å². The molecule has 0 unspecified atom stereocenters. The molecule has 2 aliphatic carbocycles. The van der Waals surface area contributed by atoms with E-state index in [0.717, 1.165) is 11.1 Å². The Kier molecular flexibility index (Phi) is 6.23. The molecule has 34 heavy (non-hydrogen) atoms. The molecule has 0 spiro atoms. The number of aliphatic hydroxyl groups is 2. The van der Waals surface area contributed by atoms with Gasteiger partial charge < -0.3 is 15.1 Å². The van der Waals surface area contributed by atoms with E-state index in [2.05, 4.69) is 5.16 Å². The van der Waals surface area contributed by atoms with E-state index in [4.69, 9.17) is 4.84 Å². The number of carbonyl (C=O) groups excluding carboxylic acids is 2. The SMILES string of the molecule is C[C@@H](c1ccccc1)N1C(=O)[C@H]2[C@H]3[C@H](O)[C@H](O)C/C(=N/OCc4ccccc4)[C@H]3CC[C@@H]2C1=O. The van der Waals surface area contributed by atoms with Crippen molar-refractivity contribution in [3.8, 4) is 0 Å². The summed E-state index contributed by atoms with van der Waals surface area (Å²) in [6, 6.07) is 18.8. The molecule has 7 nitrogen and oxygen atoms in total. The highest BCUT2D eigenvalue weighted by atomic mass is 16.6. The molecule has 3 fully saturated rings. The van der Waals surface area contributed by atoms with Gasteiger partial charge in [-0.1, -0.05) is 65.8 Å². The quantitative estimate of drug-likeness (QED) is 0.526. The second kappa shape index (κ2) is 9.31. The molecule has 2 aromatic rings. The van der Waals surface area contributed by atoms with Gasteiger partial charge in [-0.15, -0.1) is 0 Å². The Bertz CT molecular complexity index is 1070. The van der Waals surface area contributed by atoms with Gasteiger partial charge in [-0.05, 0) is 30.9 Å². The van der Waals surface area contributed by atoms with Crippen molar-refractivity contribution in [1.82, 2.24) is 4.90 Å². The Morgan fingerprint density at radius 2 is 1.62 bits per heavy atom. The van der Waals surface area contributed by atoms with Crippen LogP contribution in [0.2, 0.25) is 0 Å². The maximum Gasteiger partial charge on any atom is 0.234 e. The van der Waals surface area contributed by atoms with Crippen LogP contribution in [-0.4, -0.2) is 44.8 Å². The highest BCUT2D eigenvalue weighted by Gasteiger charge is 2.60. The molecular formula is C27H30N2O5. The number of hydrogen-bond donors (Lipinski definition) is 2. The Hall–Kier alpha value is -3.03. The topological polar surface area (TPSA) is 99.4 Å². The molecule has 2 saturated carbocycles. The fourth-order valence-electron chi connectivity index (χ4n) is 6.02. The maximum absolute atomic E-state index is 13.6. The van der Waals surface area contributed by atoms with E-state index < -0.39 is 36.0 Å². The number of benzene rings is 2. The largest absolute Gasteiger partial charge is 0.391 e. The summed E-state index contributed by atoms with van der Waals surface area (Å²) in [4.78, 5) is 33.9. The van der Waals surface area contributed by atoms with Crippen LogP contribution in [0.4, 0.5) is 0 Å². The number of oxime groups is 1. The van der Waals surface area contributed by atoms with Crippen LogP contribution in [0.25, 0.3) is 0 Å². The molecule has 2 aromatic carbocycles. The molecule has 0 radical (unpaired) electrons. The van der Waals surface area contributed by atoms with Crippen LogP contribution in [0.5, 0.6) is 0 Å². The van der Waals surface area contributed by atoms with Crippen molar-refractivity contribution in [1.29, 1.82) is 0 Å². The molecule has 1 aliphatic heterocycles. The average molecular weight is 463 g/mol. The Morgan fingerprint density at radius 3 is 2.32 bits per heavy atom. The zero-order valence-electron chi connectivity index (χ0n) is 19.2. The van der Waals surface area contributed by atoms with E-state index in [9.17, 15) is 19.8 Å². The van der Waals surface area contributed by atoms with Gasteiger partial charge in [0.25, 0.3) is 0 Å². The predicted molar refractivity (Wildman–Crippen MR) is 125 cm³/mol. The summed E-state index contributed by atoms with van der Waals surface area (Å²) < 4.78 is 0. The lowest BCUT2D eigenvalue weighted by atomic mass is 9.60. The summed E-state index contributed by atoms with van der Waals surface area (Å²) in [5, 5.41) is 25.9. The number of carbonyl (C=O) groups is 2. The molecule has 0 bridgehead atoms. The first-order valence-electron chi connectivity index (χ1n) is 12.0. The van der Waals surface area contributed by atoms with Crippen LogP contribution in [0.15, 0.2) is 65.8 Å². The normalized spacial score (nSPS) is 32.9. The standard InChI is InChI=1S/C27H30N2O5/c1-16(18-10-6-3-7-11-18)29-26(32)20-13-12-19-21(28-34-15-17-8-4-2-5-9-17)14-22(30)25(31)23(19)24(20)27(29)33/h2-11,16,19-20,22-25,30-31H,12-15H2,1H3/b28-21-/t16-,19+,20-,22+,23-,24+,25+/m0/s1. The molecule has 5 rings (SSSR count). The van der Waals surface area contributed by atoms with Crippen LogP contribution in [-0.2, 0) is 21.0 Å². The van der Waals surface area contributed by atoms with Crippen molar-refractivity contribution in [3.63, 3.8) is 0 Å². The van der Waals surface area contributed by atoms with E-state index >= 15 is 0 Å². The van der Waals surface area contributed by atoms with Gasteiger partial charge in [0.05, 0.1) is 35.8 Å². The maximum atomic E-state index is 13.6. The number of aliphatic hydroxyl groups excluding tert-OH is 2. The van der Waals surface area contributed by atoms with Crippen LogP contribution in [0, 0.1) is 23.7 Å². The predicted octanol–water partition coefficient (Wildman–Crippen LogP) is 3.07. The zero-order chi connectivity index (χ0) is 23.8. The molecular weight excluding hydrogens is 432 g/mol. The van der Waals surface area contributed by atoms with E-state index in [0.29, 0.717) is 25.2 Å². The van der Waals surface area contributed by atoms with Crippen molar-refractivity contribution in [3.05, 3.63) is 71.8 Å². The second-order valence-electron chi connectivity index (χ2n) is 9.63. The molecule has 1 heterocycles. The molecule has 2 amide bonds. The zero-order valence-corrected chi connectivity index (χ0v) is 19.2. The van der Waals surface area contributed by atoms with Crippen molar-refractivity contribution in [2.45, 2.75) is 51.0 Å². The van der Waals surface area contributed by atoms with Crippen molar-refractivity contribution in [2.75, 3.05) is 0 Å². The molecule has 2 N–H and O–H groups in total. The highest BCUT2D eigenvalue weighted by molar-refractivity contribution is 6.06. The van der Waals surface area contributed by atoms with E-state index in [1.54, 1.807) is 0 Å². The second-order valence-corrected chi connectivity index (χ2v) is 9.63. The van der Waals surface area contributed by atoms with Crippen LogP contribution in [0.1, 0.15) is 43.4 Å². The van der Waals surface area contributed by atoms with E-state index in [1.807, 2.05) is 67.6 Å². The molecule has 3 aliphatic rings. The van der Waals surface area contributed by atoms with Crippen molar-refractivity contribution < 1.29 is 24.6 Å². The molecule has 1 saturated heterocycles. The van der Waals surface area contributed by atoms with Gasteiger partial charge >= 0.3 is 0 Å². The third kappa shape index (κ3) is 3.93. The smallest absolute Gasteiger partial charge is 0.234 e. The van der Waals surface area contributed by atoms with Gasteiger partial charge in [0.1, 0.15) is 6.61 Å². The molecule has 7 atom stereocenters. The third-order valence-corrected chi connectivity index (χ3v) is 7.74. The lowest BCUT2D eigenvalue weighted by Crippen LogP contribution is -2.54. The van der Waals surface area contributed by atoms with Crippen molar-refractivity contribution in [2.24, 2.45) is 28.8 Å². The highest BCUT2D eigenvalue weighted by Crippen LogP contribution is 2.51. The average Bonchev–Trinajstić information content (AvgIpc) is 3.12.